The minimum Gasteiger partial charge on any atom is -0.489 e. The van der Waals surface area contributed by atoms with Crippen LogP contribution >= 0.6 is 0 Å². The molecule has 0 aliphatic carbocycles. The first-order chi connectivity index (χ1) is 30.6. The first-order valence-electron chi connectivity index (χ1n) is 22.6. The van der Waals surface area contributed by atoms with Crippen LogP contribution in [0.1, 0.15) is 91.2 Å². The number of ketones is 1. The lowest BCUT2D eigenvalue weighted by molar-refractivity contribution is -0.144. The van der Waals surface area contributed by atoms with Gasteiger partial charge in [-0.05, 0) is 97.1 Å². The number of amides is 4. The lowest BCUT2D eigenvalue weighted by Gasteiger charge is -2.44. The fraction of sp³-hybridized carbons (Fsp3) is 0.404. The van der Waals surface area contributed by atoms with Gasteiger partial charge in [-0.3, -0.25) is 24.0 Å². The average molecular weight is 885 g/mol. The van der Waals surface area contributed by atoms with E-state index in [1.165, 1.54) is 0 Å². The summed E-state index contributed by atoms with van der Waals surface area (Å²) < 4.78 is 12.9. The fourth-order valence-electron chi connectivity index (χ4n) is 8.71. The molecule has 11 nitrogen and oxygen atoms in total. The molecule has 0 spiro atoms. The molecule has 4 amide bonds. The molecule has 6 rings (SSSR count). The summed E-state index contributed by atoms with van der Waals surface area (Å²) in [6.45, 7) is 12.5. The summed E-state index contributed by atoms with van der Waals surface area (Å²) in [5.41, 5.74) is 0.474. The van der Waals surface area contributed by atoms with Crippen LogP contribution in [0.4, 0.5) is 0 Å². The molecule has 64 heavy (non-hydrogen) atoms. The van der Waals surface area contributed by atoms with Crippen molar-refractivity contribution in [2.24, 2.45) is 0 Å². The molecule has 0 saturated carbocycles. The molecule has 2 heterocycles. The van der Waals surface area contributed by atoms with E-state index in [9.17, 15) is 24.0 Å². The number of unbranched alkanes of at least 4 members (excludes halogenated alkanes) is 1. The third kappa shape index (κ3) is 11.3. The second kappa shape index (κ2) is 21.2. The van der Waals surface area contributed by atoms with Crippen LogP contribution in [0, 0.1) is 0 Å². The van der Waals surface area contributed by atoms with Gasteiger partial charge in [0.2, 0.25) is 23.6 Å². The number of carbonyl (C=O) groups is 5. The molecular weight excluding hydrogens is 821 g/mol. The third-order valence-electron chi connectivity index (χ3n) is 12.6. The SMILES string of the molecule is CC[C@]1(C)NC(=O)[C@H](CCC/C=C/C(=O)[C@H](C)O[Si](c2ccccc2)(c2ccccc2)C(C)(C)C)NC(=O)[C@H]2CCCN2C(=O)[C@H](Cc2ccc(OCc3ccccc3)cc2)NC1=O. The van der Waals surface area contributed by atoms with Crippen molar-refractivity contribution >= 4 is 48.1 Å². The maximum Gasteiger partial charge on any atom is 0.262 e. The van der Waals surface area contributed by atoms with Crippen LogP contribution in [-0.4, -0.2) is 78.9 Å². The summed E-state index contributed by atoms with van der Waals surface area (Å²) in [5.74, 6) is -1.22. The zero-order chi connectivity index (χ0) is 45.9. The standard InChI is InChI=1S/C52H64N4O7Si/c1-7-52(6)50(61)54-44(35-38-30-32-40(33-31-38)62-36-39-21-12-8-13-22-39)49(60)56-34-20-28-45(56)48(59)53-43(47(58)55-52)27-18-11-19-29-46(57)37(2)63-64(51(3,4)5,41-23-14-9-15-24-41)42-25-16-10-17-26-42/h8-10,12-17,19,21-26,29-33,37,43-45H,7,11,18,20,27-28,34-36H2,1-6H3,(H,53,59)(H,54,61)(H,55,58)/b29-19+/t37-,43-,44-,45+,52-/m0/s1. The van der Waals surface area contributed by atoms with E-state index in [1.807, 2.05) is 91.0 Å². The van der Waals surface area contributed by atoms with Gasteiger partial charge in [0.15, 0.2) is 5.78 Å². The Morgan fingerprint density at radius 2 is 1.44 bits per heavy atom. The molecule has 3 N–H and O–H groups in total. The second-order valence-corrected chi connectivity index (χ2v) is 22.5. The lowest BCUT2D eigenvalue weighted by atomic mass is 9.94. The minimum atomic E-state index is -2.96. The van der Waals surface area contributed by atoms with E-state index in [0.29, 0.717) is 44.6 Å². The number of allylic oxidation sites excluding steroid dienone is 1. The molecule has 0 radical (unpaired) electrons. The Balaban J connectivity index is 1.11. The van der Waals surface area contributed by atoms with E-state index in [-0.39, 0.29) is 36.0 Å². The van der Waals surface area contributed by atoms with Crippen molar-refractivity contribution in [1.29, 1.82) is 0 Å². The van der Waals surface area contributed by atoms with Crippen molar-refractivity contribution in [3.8, 4) is 5.75 Å². The largest absolute Gasteiger partial charge is 0.489 e. The minimum absolute atomic E-state index is 0.163. The molecule has 5 atom stereocenters. The van der Waals surface area contributed by atoms with Crippen LogP contribution < -0.4 is 31.1 Å². The van der Waals surface area contributed by atoms with Crippen molar-refractivity contribution in [3.05, 3.63) is 139 Å². The van der Waals surface area contributed by atoms with Gasteiger partial charge in [-0.1, -0.05) is 137 Å². The number of hydrogen-bond donors (Lipinski definition) is 3. The Bertz CT molecular complexity index is 2210. The van der Waals surface area contributed by atoms with Gasteiger partial charge in [-0.15, -0.1) is 0 Å². The zero-order valence-corrected chi connectivity index (χ0v) is 39.1. The summed E-state index contributed by atoms with van der Waals surface area (Å²) in [6, 6.07) is 34.9. The van der Waals surface area contributed by atoms with Gasteiger partial charge >= 0.3 is 0 Å². The Hall–Kier alpha value is -5.85. The Labute approximate surface area is 379 Å². The number of ether oxygens (including phenoxy) is 1. The van der Waals surface area contributed by atoms with Gasteiger partial charge in [-0.2, -0.15) is 0 Å². The molecule has 2 aliphatic rings. The number of carbonyl (C=O) groups excluding carboxylic acids is 5. The summed E-state index contributed by atoms with van der Waals surface area (Å²) in [6.07, 6.45) is 5.26. The highest BCUT2D eigenvalue weighted by Crippen LogP contribution is 2.37. The normalized spacial score (nSPS) is 21.5. The fourth-order valence-corrected chi connectivity index (χ4v) is 13.4. The number of rotatable bonds is 16. The first-order valence-corrected chi connectivity index (χ1v) is 24.5. The Kier molecular flexibility index (Phi) is 15.8. The predicted octanol–water partition coefficient (Wildman–Crippen LogP) is 6.33. The molecule has 0 bridgehead atoms. The number of hydrogen-bond acceptors (Lipinski definition) is 7. The molecule has 4 aromatic rings. The van der Waals surface area contributed by atoms with Gasteiger partial charge in [0.25, 0.3) is 8.32 Å². The highest BCUT2D eigenvalue weighted by molar-refractivity contribution is 6.99. The van der Waals surface area contributed by atoms with Crippen LogP contribution in [0.3, 0.4) is 0 Å². The van der Waals surface area contributed by atoms with E-state index in [4.69, 9.17) is 9.16 Å². The molecule has 2 aliphatic heterocycles. The highest BCUT2D eigenvalue weighted by Gasteiger charge is 2.51. The molecule has 338 valence electrons. The quantitative estimate of drug-likeness (QED) is 0.0679. The first kappa shape index (κ1) is 47.6. The summed E-state index contributed by atoms with van der Waals surface area (Å²) in [4.78, 5) is 71.6. The third-order valence-corrected chi connectivity index (χ3v) is 17.7. The molecule has 2 saturated heterocycles. The summed E-state index contributed by atoms with van der Waals surface area (Å²) in [5, 5.41) is 10.7. The number of nitrogens with zero attached hydrogens (tertiary/aromatic N) is 1. The van der Waals surface area contributed by atoms with Gasteiger partial charge in [0.1, 0.15) is 42.1 Å². The van der Waals surface area contributed by atoms with Crippen LogP contribution in [0.2, 0.25) is 5.04 Å². The monoisotopic (exact) mass is 884 g/mol. The second-order valence-electron chi connectivity index (χ2n) is 18.2. The molecule has 4 aromatic carbocycles. The molecular formula is C52H64N4O7Si. The predicted molar refractivity (Wildman–Crippen MR) is 253 cm³/mol. The van der Waals surface area contributed by atoms with Gasteiger partial charge in [0.05, 0.1) is 0 Å². The van der Waals surface area contributed by atoms with Crippen LogP contribution in [0.15, 0.2) is 127 Å². The molecule has 2 fully saturated rings. The maximum atomic E-state index is 14.3. The van der Waals surface area contributed by atoms with Crippen LogP contribution in [-0.2, 0) is 41.4 Å². The maximum absolute atomic E-state index is 14.3. The zero-order valence-electron chi connectivity index (χ0n) is 38.1. The Morgan fingerprint density at radius 1 is 0.828 bits per heavy atom. The van der Waals surface area contributed by atoms with Gasteiger partial charge < -0.3 is 30.0 Å². The Morgan fingerprint density at radius 3 is 2.03 bits per heavy atom. The van der Waals surface area contributed by atoms with E-state index < -0.39 is 55.8 Å². The van der Waals surface area contributed by atoms with Crippen molar-refractivity contribution in [3.63, 3.8) is 0 Å². The van der Waals surface area contributed by atoms with E-state index in [0.717, 1.165) is 21.5 Å². The van der Waals surface area contributed by atoms with Crippen molar-refractivity contribution in [2.45, 2.75) is 128 Å². The van der Waals surface area contributed by atoms with Crippen molar-refractivity contribution in [1.82, 2.24) is 20.9 Å². The van der Waals surface area contributed by atoms with Crippen molar-refractivity contribution in [2.75, 3.05) is 6.54 Å². The molecule has 12 heteroatoms. The van der Waals surface area contributed by atoms with Crippen molar-refractivity contribution < 1.29 is 33.1 Å². The van der Waals surface area contributed by atoms with E-state index in [2.05, 4.69) is 61.0 Å². The van der Waals surface area contributed by atoms with Gasteiger partial charge in [0, 0.05) is 13.0 Å². The van der Waals surface area contributed by atoms with Gasteiger partial charge in [-0.25, -0.2) is 0 Å². The average Bonchev–Trinajstić information content (AvgIpc) is 3.80. The smallest absolute Gasteiger partial charge is 0.262 e. The lowest BCUT2D eigenvalue weighted by Crippen LogP contribution is -2.68. The van der Waals surface area contributed by atoms with E-state index in [1.54, 1.807) is 37.8 Å². The number of benzene rings is 4. The van der Waals surface area contributed by atoms with Crippen LogP contribution in [0.25, 0.3) is 0 Å². The van der Waals surface area contributed by atoms with E-state index >= 15 is 0 Å². The number of nitrogens with one attached hydrogen (secondary N) is 3. The van der Waals surface area contributed by atoms with Crippen LogP contribution in [0.5, 0.6) is 5.75 Å². The highest BCUT2D eigenvalue weighted by atomic mass is 28.4. The summed E-state index contributed by atoms with van der Waals surface area (Å²) >= 11 is 0. The molecule has 0 aromatic heterocycles. The topological polar surface area (TPSA) is 143 Å². The molecule has 0 unspecified atom stereocenters. The summed E-state index contributed by atoms with van der Waals surface area (Å²) in [7, 11) is -2.96. The number of fused-ring (bicyclic) bond motifs is 1.